The number of carbonyl (C=O) groups is 1. The highest BCUT2D eigenvalue weighted by Gasteiger charge is 2.21. The van der Waals surface area contributed by atoms with E-state index in [1.165, 1.54) is 11.3 Å². The van der Waals surface area contributed by atoms with Crippen LogP contribution in [0.1, 0.15) is 21.1 Å². The molecule has 1 aliphatic rings. The van der Waals surface area contributed by atoms with Gasteiger partial charge in [0.15, 0.2) is 0 Å². The Labute approximate surface area is 180 Å². The Kier molecular flexibility index (Phi) is 6.56. The number of aromatic nitrogens is 2. The number of pyridine rings is 1. The van der Waals surface area contributed by atoms with Crippen LogP contribution >= 0.6 is 11.3 Å². The first-order valence-corrected chi connectivity index (χ1v) is 10.8. The van der Waals surface area contributed by atoms with Crippen LogP contribution in [0, 0.1) is 0 Å². The average molecular weight is 424 g/mol. The molecular weight excluding hydrogens is 398 g/mol. The summed E-state index contributed by atoms with van der Waals surface area (Å²) in [6.45, 7) is 4.97. The van der Waals surface area contributed by atoms with Gasteiger partial charge in [-0.25, -0.2) is 4.98 Å². The number of piperazine rings is 1. The van der Waals surface area contributed by atoms with Gasteiger partial charge in [0.2, 0.25) is 0 Å². The lowest BCUT2D eigenvalue weighted by Crippen LogP contribution is -2.46. The largest absolute Gasteiger partial charge is 0.495 e. The molecule has 0 aliphatic carbocycles. The monoisotopic (exact) mass is 423 g/mol. The standard InChI is InChI=1S/C22H25N5O2S/c1-29-20-7-3-2-6-19(20)27-11-9-26(10-12-27)15-21-25-18(16-30-21)22(28)24-14-17-5-4-8-23-13-17/h2-8,13,16H,9-12,14-15H2,1H3,(H,24,28). The smallest absolute Gasteiger partial charge is 0.271 e. The molecule has 0 saturated carbocycles. The molecule has 0 atom stereocenters. The average Bonchev–Trinajstić information content (AvgIpc) is 3.27. The predicted molar refractivity (Wildman–Crippen MR) is 118 cm³/mol. The summed E-state index contributed by atoms with van der Waals surface area (Å²) in [7, 11) is 1.71. The molecule has 1 aromatic carbocycles. The topological polar surface area (TPSA) is 70.6 Å². The molecule has 1 fully saturated rings. The molecule has 4 rings (SSSR count). The molecule has 1 N–H and O–H groups in total. The number of thiazole rings is 1. The number of rotatable bonds is 7. The third-order valence-electron chi connectivity index (χ3n) is 5.12. The van der Waals surface area contributed by atoms with Gasteiger partial charge in [0.1, 0.15) is 16.5 Å². The van der Waals surface area contributed by atoms with E-state index >= 15 is 0 Å². The zero-order valence-corrected chi connectivity index (χ0v) is 17.8. The maximum atomic E-state index is 12.4. The van der Waals surface area contributed by atoms with E-state index in [4.69, 9.17) is 4.74 Å². The summed E-state index contributed by atoms with van der Waals surface area (Å²) in [5.41, 5.74) is 2.59. The number of hydrogen-bond acceptors (Lipinski definition) is 7. The summed E-state index contributed by atoms with van der Waals surface area (Å²) in [5.74, 6) is 0.759. The quantitative estimate of drug-likeness (QED) is 0.630. The van der Waals surface area contributed by atoms with Gasteiger partial charge in [0, 0.05) is 50.5 Å². The molecule has 3 aromatic rings. The van der Waals surface area contributed by atoms with E-state index in [0.29, 0.717) is 12.2 Å². The maximum absolute atomic E-state index is 12.4. The Morgan fingerprint density at radius 1 is 1.17 bits per heavy atom. The van der Waals surface area contributed by atoms with Gasteiger partial charge in [0.25, 0.3) is 5.91 Å². The van der Waals surface area contributed by atoms with Crippen LogP contribution in [0.5, 0.6) is 5.75 Å². The number of methoxy groups -OCH3 is 1. The molecule has 156 valence electrons. The number of hydrogen-bond donors (Lipinski definition) is 1. The minimum atomic E-state index is -0.151. The summed E-state index contributed by atoms with van der Waals surface area (Å²) in [6, 6.07) is 11.9. The van der Waals surface area contributed by atoms with Gasteiger partial charge in [-0.05, 0) is 23.8 Å². The number of nitrogens with zero attached hydrogens (tertiary/aromatic N) is 4. The number of para-hydroxylation sites is 2. The zero-order chi connectivity index (χ0) is 20.8. The molecule has 0 spiro atoms. The van der Waals surface area contributed by atoms with E-state index in [9.17, 15) is 4.79 Å². The first-order chi connectivity index (χ1) is 14.7. The summed E-state index contributed by atoms with van der Waals surface area (Å²) in [5, 5.41) is 5.70. The Hall–Kier alpha value is -2.97. The van der Waals surface area contributed by atoms with Gasteiger partial charge < -0.3 is 15.0 Å². The Balaban J connectivity index is 1.28. The van der Waals surface area contributed by atoms with E-state index in [1.807, 2.05) is 35.7 Å². The van der Waals surface area contributed by atoms with E-state index in [2.05, 4.69) is 31.2 Å². The minimum absolute atomic E-state index is 0.151. The molecule has 8 heteroatoms. The van der Waals surface area contributed by atoms with Crippen LogP contribution in [0.4, 0.5) is 5.69 Å². The fourth-order valence-corrected chi connectivity index (χ4v) is 4.31. The van der Waals surface area contributed by atoms with Crippen LogP contribution in [0.15, 0.2) is 54.2 Å². The number of nitrogens with one attached hydrogen (secondary N) is 1. The van der Waals surface area contributed by atoms with Crippen molar-refractivity contribution in [2.75, 3.05) is 38.2 Å². The molecule has 3 heterocycles. The molecule has 7 nitrogen and oxygen atoms in total. The van der Waals surface area contributed by atoms with Crippen molar-refractivity contribution in [3.8, 4) is 5.75 Å². The van der Waals surface area contributed by atoms with Crippen molar-refractivity contribution in [2.24, 2.45) is 0 Å². The molecule has 0 unspecified atom stereocenters. The third kappa shape index (κ3) is 4.95. The summed E-state index contributed by atoms with van der Waals surface area (Å²) in [6.07, 6.45) is 3.46. The van der Waals surface area contributed by atoms with Crippen LogP contribution in [0.2, 0.25) is 0 Å². The van der Waals surface area contributed by atoms with E-state index in [-0.39, 0.29) is 5.91 Å². The second-order valence-electron chi connectivity index (χ2n) is 7.11. The van der Waals surface area contributed by atoms with Crippen LogP contribution in [0.3, 0.4) is 0 Å². The van der Waals surface area contributed by atoms with Crippen molar-refractivity contribution < 1.29 is 9.53 Å². The number of benzene rings is 1. The van der Waals surface area contributed by atoms with Crippen LogP contribution in [0.25, 0.3) is 0 Å². The molecule has 1 amide bonds. The fourth-order valence-electron chi connectivity index (χ4n) is 3.49. The number of anilines is 1. The van der Waals surface area contributed by atoms with E-state index in [1.54, 1.807) is 19.5 Å². The minimum Gasteiger partial charge on any atom is -0.495 e. The summed E-state index contributed by atoms with van der Waals surface area (Å²) >= 11 is 1.54. The van der Waals surface area contributed by atoms with Crippen LogP contribution in [-0.2, 0) is 13.1 Å². The molecule has 0 bridgehead atoms. The van der Waals surface area contributed by atoms with Crippen molar-refractivity contribution in [1.29, 1.82) is 0 Å². The predicted octanol–water partition coefficient (Wildman–Crippen LogP) is 2.80. The Morgan fingerprint density at radius 2 is 2.00 bits per heavy atom. The van der Waals surface area contributed by atoms with Gasteiger partial charge in [-0.3, -0.25) is 14.7 Å². The molecule has 1 saturated heterocycles. The Morgan fingerprint density at radius 3 is 2.77 bits per heavy atom. The zero-order valence-electron chi connectivity index (χ0n) is 17.0. The van der Waals surface area contributed by atoms with Gasteiger partial charge in [-0.1, -0.05) is 18.2 Å². The van der Waals surface area contributed by atoms with Crippen molar-refractivity contribution in [3.05, 3.63) is 70.4 Å². The van der Waals surface area contributed by atoms with Gasteiger partial charge in [0.05, 0.1) is 19.3 Å². The second kappa shape index (κ2) is 9.69. The second-order valence-corrected chi connectivity index (χ2v) is 8.05. The lowest BCUT2D eigenvalue weighted by Gasteiger charge is -2.36. The lowest BCUT2D eigenvalue weighted by molar-refractivity contribution is 0.0946. The van der Waals surface area contributed by atoms with E-state index < -0.39 is 0 Å². The van der Waals surface area contributed by atoms with Crippen molar-refractivity contribution in [3.63, 3.8) is 0 Å². The molecule has 1 aliphatic heterocycles. The third-order valence-corrected chi connectivity index (χ3v) is 5.95. The van der Waals surface area contributed by atoms with Crippen LogP contribution < -0.4 is 15.0 Å². The van der Waals surface area contributed by atoms with E-state index in [0.717, 1.165) is 54.7 Å². The molecule has 0 radical (unpaired) electrons. The highest BCUT2D eigenvalue weighted by atomic mass is 32.1. The molecular formula is C22H25N5O2S. The first kappa shape index (κ1) is 20.3. The first-order valence-electron chi connectivity index (χ1n) is 9.95. The number of ether oxygens (including phenoxy) is 1. The lowest BCUT2D eigenvalue weighted by atomic mass is 10.2. The van der Waals surface area contributed by atoms with Crippen molar-refractivity contribution in [2.45, 2.75) is 13.1 Å². The number of amides is 1. The van der Waals surface area contributed by atoms with Crippen molar-refractivity contribution >= 4 is 22.9 Å². The number of carbonyl (C=O) groups excluding carboxylic acids is 1. The van der Waals surface area contributed by atoms with Gasteiger partial charge >= 0.3 is 0 Å². The van der Waals surface area contributed by atoms with Gasteiger partial charge in [-0.2, -0.15) is 0 Å². The Bertz CT molecular complexity index is 970. The maximum Gasteiger partial charge on any atom is 0.271 e. The van der Waals surface area contributed by atoms with Gasteiger partial charge in [-0.15, -0.1) is 11.3 Å². The molecule has 30 heavy (non-hydrogen) atoms. The van der Waals surface area contributed by atoms with Crippen LogP contribution in [-0.4, -0.2) is 54.1 Å². The normalized spacial score (nSPS) is 14.5. The van der Waals surface area contributed by atoms with Crippen molar-refractivity contribution in [1.82, 2.24) is 20.2 Å². The summed E-state index contributed by atoms with van der Waals surface area (Å²) < 4.78 is 5.49. The SMILES string of the molecule is COc1ccccc1N1CCN(Cc2nc(C(=O)NCc3cccnc3)cs2)CC1. The molecule has 2 aromatic heterocycles. The summed E-state index contributed by atoms with van der Waals surface area (Å²) in [4.78, 5) is 25.7. The highest BCUT2D eigenvalue weighted by molar-refractivity contribution is 7.09. The highest BCUT2D eigenvalue weighted by Crippen LogP contribution is 2.28. The fraction of sp³-hybridized carbons (Fsp3) is 0.318.